The molecule has 2 bridgehead atoms. The van der Waals surface area contributed by atoms with Crippen molar-refractivity contribution in [2.24, 2.45) is 11.7 Å². The highest BCUT2D eigenvalue weighted by Gasteiger charge is 2.56. The topological polar surface area (TPSA) is 79.3 Å². The number of piperidine rings is 3. The molecule has 5 heterocycles. The van der Waals surface area contributed by atoms with Crippen molar-refractivity contribution < 1.29 is 4.42 Å². The van der Waals surface area contributed by atoms with Crippen molar-refractivity contribution >= 4 is 11.1 Å². The first-order valence-corrected chi connectivity index (χ1v) is 8.09. The van der Waals surface area contributed by atoms with Gasteiger partial charge < -0.3 is 9.32 Å². The first kappa shape index (κ1) is 13.0. The second-order valence-electron chi connectivity index (χ2n) is 6.98. The minimum absolute atomic E-state index is 0.0475. The van der Waals surface area contributed by atoms with Gasteiger partial charge in [-0.05, 0) is 44.0 Å². The predicted molar refractivity (Wildman–Crippen MR) is 82.9 cm³/mol. The molecule has 4 aliphatic heterocycles. The molecule has 4 aliphatic rings. The number of fused-ring (bicyclic) bond motifs is 3. The Balaban J connectivity index is 1.50. The van der Waals surface area contributed by atoms with Crippen molar-refractivity contribution in [3.8, 4) is 0 Å². The molecule has 4 saturated heterocycles. The molecular weight excluding hydrogens is 278 g/mol. The maximum Gasteiger partial charge on any atom is 0.246 e. The fourth-order valence-corrected chi connectivity index (χ4v) is 4.46. The van der Waals surface area contributed by atoms with Crippen molar-refractivity contribution in [3.05, 3.63) is 30.2 Å². The van der Waals surface area contributed by atoms with Crippen molar-refractivity contribution in [1.82, 2.24) is 20.5 Å². The standard InChI is InChI=1S/C16H21N5O/c17-16(14-19-12-3-1-2-4-13(12)22-14)18-9-15(20-16)10-21-7-5-11(15)6-8-21/h1-4,11,18,20H,5-10,17H2. The third kappa shape index (κ3) is 1.72. The zero-order valence-corrected chi connectivity index (χ0v) is 12.5. The summed E-state index contributed by atoms with van der Waals surface area (Å²) in [5.74, 6) is 0.333. The van der Waals surface area contributed by atoms with Gasteiger partial charge in [0.05, 0.1) is 0 Å². The Kier molecular flexibility index (Phi) is 2.54. The summed E-state index contributed by atoms with van der Waals surface area (Å²) in [6, 6.07) is 7.78. The summed E-state index contributed by atoms with van der Waals surface area (Å²) in [7, 11) is 0. The molecule has 4 N–H and O–H groups in total. The Morgan fingerprint density at radius 1 is 1.27 bits per heavy atom. The summed E-state index contributed by atoms with van der Waals surface area (Å²) in [4.78, 5) is 7.11. The van der Waals surface area contributed by atoms with Crippen molar-refractivity contribution in [3.63, 3.8) is 0 Å². The molecule has 22 heavy (non-hydrogen) atoms. The molecule has 1 aromatic carbocycles. The fourth-order valence-electron chi connectivity index (χ4n) is 4.46. The maximum absolute atomic E-state index is 6.58. The average Bonchev–Trinajstić information content (AvgIpc) is 3.12. The van der Waals surface area contributed by atoms with Gasteiger partial charge in [-0.15, -0.1) is 0 Å². The molecule has 0 amide bonds. The molecule has 1 aromatic heterocycles. The second kappa shape index (κ2) is 4.29. The highest BCUT2D eigenvalue weighted by molar-refractivity contribution is 5.72. The zero-order valence-electron chi connectivity index (χ0n) is 12.5. The molecule has 0 saturated carbocycles. The minimum atomic E-state index is -0.877. The third-order valence-corrected chi connectivity index (χ3v) is 5.63. The summed E-state index contributed by atoms with van der Waals surface area (Å²) in [6.07, 6.45) is 2.50. The van der Waals surface area contributed by atoms with E-state index in [0.29, 0.717) is 11.8 Å². The number of nitrogens with zero attached hydrogens (tertiary/aromatic N) is 2. The molecular formula is C16H21N5O. The number of rotatable bonds is 1. The zero-order chi connectivity index (χ0) is 14.8. The number of benzene rings is 1. The van der Waals surface area contributed by atoms with Crippen molar-refractivity contribution in [1.29, 1.82) is 0 Å². The van der Waals surface area contributed by atoms with Crippen molar-refractivity contribution in [2.45, 2.75) is 24.2 Å². The molecule has 2 aromatic rings. The number of nitrogens with one attached hydrogen (secondary N) is 2. The van der Waals surface area contributed by atoms with E-state index >= 15 is 0 Å². The van der Waals surface area contributed by atoms with E-state index in [2.05, 4.69) is 20.5 Å². The van der Waals surface area contributed by atoms with Gasteiger partial charge in [0.15, 0.2) is 5.58 Å². The molecule has 2 unspecified atom stereocenters. The lowest BCUT2D eigenvalue weighted by atomic mass is 9.73. The van der Waals surface area contributed by atoms with Gasteiger partial charge in [0.1, 0.15) is 5.52 Å². The summed E-state index contributed by atoms with van der Waals surface area (Å²) in [5, 5.41) is 7.10. The Labute approximate surface area is 129 Å². The Hall–Kier alpha value is -1.47. The SMILES string of the molecule is NC1(c2nc3ccccc3o2)NCC2(CN3CCC2CC3)N1. The van der Waals surface area contributed by atoms with E-state index in [9.17, 15) is 0 Å². The van der Waals surface area contributed by atoms with Crippen LogP contribution in [0.1, 0.15) is 18.7 Å². The Morgan fingerprint density at radius 2 is 2.09 bits per heavy atom. The van der Waals surface area contributed by atoms with Gasteiger partial charge in [-0.2, -0.15) is 0 Å². The van der Waals surface area contributed by atoms with Gasteiger partial charge >= 0.3 is 0 Å². The van der Waals surface area contributed by atoms with Gasteiger partial charge in [-0.3, -0.25) is 16.4 Å². The number of oxazole rings is 1. The van der Waals surface area contributed by atoms with Gasteiger partial charge in [0.2, 0.25) is 11.7 Å². The molecule has 6 heteroatoms. The van der Waals surface area contributed by atoms with Crippen LogP contribution in [0.3, 0.4) is 0 Å². The molecule has 6 rings (SSSR count). The van der Waals surface area contributed by atoms with Gasteiger partial charge in [0, 0.05) is 18.6 Å². The molecule has 6 nitrogen and oxygen atoms in total. The van der Waals surface area contributed by atoms with Gasteiger partial charge in [-0.25, -0.2) is 4.98 Å². The van der Waals surface area contributed by atoms with E-state index in [-0.39, 0.29) is 5.54 Å². The summed E-state index contributed by atoms with van der Waals surface area (Å²) in [5.41, 5.74) is 8.26. The van der Waals surface area contributed by atoms with Crippen LogP contribution in [0.15, 0.2) is 28.7 Å². The normalized spacial score (nSPS) is 40.8. The molecule has 0 radical (unpaired) electrons. The monoisotopic (exact) mass is 299 g/mol. The van der Waals surface area contributed by atoms with E-state index in [1.807, 2.05) is 24.3 Å². The minimum Gasteiger partial charge on any atom is -0.436 e. The number of para-hydroxylation sites is 2. The first-order chi connectivity index (χ1) is 10.7. The van der Waals surface area contributed by atoms with Crippen LogP contribution in [0, 0.1) is 5.92 Å². The maximum atomic E-state index is 6.58. The van der Waals surface area contributed by atoms with Crippen LogP contribution in [0.25, 0.3) is 11.1 Å². The largest absolute Gasteiger partial charge is 0.436 e. The summed E-state index contributed by atoms with van der Waals surface area (Å²) >= 11 is 0. The predicted octanol–water partition coefficient (Wildman–Crippen LogP) is 0.554. The number of hydrogen-bond acceptors (Lipinski definition) is 6. The third-order valence-electron chi connectivity index (χ3n) is 5.63. The lowest BCUT2D eigenvalue weighted by molar-refractivity contribution is 0.0143. The van der Waals surface area contributed by atoms with Crippen LogP contribution in [-0.2, 0) is 5.79 Å². The van der Waals surface area contributed by atoms with E-state index < -0.39 is 5.79 Å². The summed E-state index contributed by atoms with van der Waals surface area (Å²) < 4.78 is 5.89. The molecule has 4 fully saturated rings. The lowest BCUT2D eigenvalue weighted by Crippen LogP contribution is -2.68. The Morgan fingerprint density at radius 3 is 2.82 bits per heavy atom. The highest BCUT2D eigenvalue weighted by Crippen LogP contribution is 2.40. The molecule has 0 aliphatic carbocycles. The highest BCUT2D eigenvalue weighted by atomic mass is 16.4. The number of nitrogens with two attached hydrogens (primary N) is 1. The van der Waals surface area contributed by atoms with Crippen LogP contribution in [0.5, 0.6) is 0 Å². The van der Waals surface area contributed by atoms with Crippen LogP contribution in [-0.4, -0.2) is 41.6 Å². The summed E-state index contributed by atoms with van der Waals surface area (Å²) in [6.45, 7) is 4.36. The molecule has 2 atom stereocenters. The first-order valence-electron chi connectivity index (χ1n) is 8.09. The van der Waals surface area contributed by atoms with Crippen LogP contribution < -0.4 is 16.4 Å². The quantitative estimate of drug-likeness (QED) is 0.714. The second-order valence-corrected chi connectivity index (χ2v) is 6.98. The van der Waals surface area contributed by atoms with E-state index in [4.69, 9.17) is 10.2 Å². The molecule has 1 spiro atoms. The van der Waals surface area contributed by atoms with E-state index in [1.165, 1.54) is 25.9 Å². The average molecular weight is 299 g/mol. The van der Waals surface area contributed by atoms with Crippen LogP contribution in [0.2, 0.25) is 0 Å². The van der Waals surface area contributed by atoms with Crippen molar-refractivity contribution in [2.75, 3.05) is 26.2 Å². The Bertz CT molecular complexity index is 689. The fraction of sp³-hybridized carbons (Fsp3) is 0.562. The molecule has 116 valence electrons. The van der Waals surface area contributed by atoms with E-state index in [1.54, 1.807) is 0 Å². The smallest absolute Gasteiger partial charge is 0.246 e. The van der Waals surface area contributed by atoms with Gasteiger partial charge in [0.25, 0.3) is 0 Å². The number of aromatic nitrogens is 1. The lowest BCUT2D eigenvalue weighted by Gasteiger charge is -2.51. The van der Waals surface area contributed by atoms with Gasteiger partial charge in [-0.1, -0.05) is 12.1 Å². The number of hydrogen-bond donors (Lipinski definition) is 3. The van der Waals surface area contributed by atoms with Crippen LogP contribution in [0.4, 0.5) is 0 Å². The van der Waals surface area contributed by atoms with E-state index in [0.717, 1.165) is 24.2 Å². The van der Waals surface area contributed by atoms with Crippen LogP contribution >= 0.6 is 0 Å².